The fraction of sp³-hybridized carbons (Fsp3) is 0.391. The molecule has 0 aliphatic carbocycles. The fourth-order valence-electron chi connectivity index (χ4n) is 4.48. The third kappa shape index (κ3) is 3.83. The zero-order chi connectivity index (χ0) is 20.5. The highest BCUT2D eigenvalue weighted by molar-refractivity contribution is 6.30. The Labute approximate surface area is 181 Å². The summed E-state index contributed by atoms with van der Waals surface area (Å²) in [6, 6.07) is 15.7. The molecule has 156 valence electrons. The normalized spacial score (nSPS) is 20.4. The maximum atomic E-state index is 12.8. The summed E-state index contributed by atoms with van der Waals surface area (Å²) in [5.74, 6) is 1.19. The SMILES string of the molecule is O=C1C[C@@H](c2nc3ccccc3n2CCN2CCOCC2)CN1c1cccc(Cl)c1. The number of hydrogen-bond acceptors (Lipinski definition) is 4. The third-order valence-corrected chi connectivity index (χ3v) is 6.27. The highest BCUT2D eigenvalue weighted by Gasteiger charge is 2.35. The maximum Gasteiger partial charge on any atom is 0.227 e. The highest BCUT2D eigenvalue weighted by Crippen LogP contribution is 2.34. The number of carbonyl (C=O) groups is 1. The van der Waals surface area contributed by atoms with Gasteiger partial charge in [0.2, 0.25) is 5.91 Å². The number of nitrogens with zero attached hydrogens (tertiary/aromatic N) is 4. The molecule has 1 atom stereocenters. The summed E-state index contributed by atoms with van der Waals surface area (Å²) in [5.41, 5.74) is 2.98. The van der Waals surface area contributed by atoms with E-state index in [2.05, 4.69) is 27.7 Å². The van der Waals surface area contributed by atoms with Gasteiger partial charge in [0, 0.05) is 55.8 Å². The lowest BCUT2D eigenvalue weighted by Crippen LogP contribution is -2.38. The first-order valence-corrected chi connectivity index (χ1v) is 10.9. The van der Waals surface area contributed by atoms with Crippen LogP contribution >= 0.6 is 11.6 Å². The summed E-state index contributed by atoms with van der Waals surface area (Å²) in [5, 5.41) is 0.640. The van der Waals surface area contributed by atoms with Crippen molar-refractivity contribution in [1.29, 1.82) is 0 Å². The molecule has 0 unspecified atom stereocenters. The van der Waals surface area contributed by atoms with Crippen LogP contribution in [0.3, 0.4) is 0 Å². The van der Waals surface area contributed by atoms with Crippen LogP contribution in [0.4, 0.5) is 5.69 Å². The number of rotatable bonds is 5. The van der Waals surface area contributed by atoms with E-state index in [1.807, 2.05) is 35.2 Å². The quantitative estimate of drug-likeness (QED) is 0.628. The van der Waals surface area contributed by atoms with E-state index in [0.29, 0.717) is 18.0 Å². The zero-order valence-electron chi connectivity index (χ0n) is 16.8. The summed E-state index contributed by atoms with van der Waals surface area (Å²) in [7, 11) is 0. The molecule has 0 saturated carbocycles. The lowest BCUT2D eigenvalue weighted by Gasteiger charge is -2.27. The third-order valence-electron chi connectivity index (χ3n) is 6.04. The summed E-state index contributed by atoms with van der Waals surface area (Å²) in [6.45, 7) is 5.96. The van der Waals surface area contributed by atoms with Crippen molar-refractivity contribution in [2.24, 2.45) is 0 Å². The number of benzene rings is 2. The van der Waals surface area contributed by atoms with Gasteiger partial charge in [-0.25, -0.2) is 4.98 Å². The van der Waals surface area contributed by atoms with E-state index in [1.54, 1.807) is 0 Å². The molecule has 7 heteroatoms. The largest absolute Gasteiger partial charge is 0.379 e. The molecule has 1 amide bonds. The molecule has 2 fully saturated rings. The molecule has 2 aliphatic heterocycles. The van der Waals surface area contributed by atoms with Gasteiger partial charge < -0.3 is 14.2 Å². The monoisotopic (exact) mass is 424 g/mol. The summed E-state index contributed by atoms with van der Waals surface area (Å²) in [6.07, 6.45) is 0.466. The van der Waals surface area contributed by atoms with Crippen LogP contribution in [0.25, 0.3) is 11.0 Å². The highest BCUT2D eigenvalue weighted by atomic mass is 35.5. The zero-order valence-corrected chi connectivity index (χ0v) is 17.6. The van der Waals surface area contributed by atoms with Crippen molar-refractivity contribution < 1.29 is 9.53 Å². The summed E-state index contributed by atoms with van der Waals surface area (Å²) < 4.78 is 7.78. The number of carbonyl (C=O) groups excluding carboxylic acids is 1. The second-order valence-electron chi connectivity index (χ2n) is 7.95. The predicted molar refractivity (Wildman–Crippen MR) is 118 cm³/mol. The molecule has 30 heavy (non-hydrogen) atoms. The average molecular weight is 425 g/mol. The Balaban J connectivity index is 1.42. The molecule has 0 spiro atoms. The minimum absolute atomic E-state index is 0.0635. The van der Waals surface area contributed by atoms with Gasteiger partial charge >= 0.3 is 0 Å². The van der Waals surface area contributed by atoms with Crippen molar-refractivity contribution in [3.63, 3.8) is 0 Å². The minimum atomic E-state index is 0.0635. The molecular formula is C23H25ClN4O2. The van der Waals surface area contributed by atoms with Crippen LogP contribution < -0.4 is 4.90 Å². The second kappa shape index (κ2) is 8.38. The van der Waals surface area contributed by atoms with E-state index in [1.165, 1.54) is 0 Å². The molecule has 3 heterocycles. The van der Waals surface area contributed by atoms with Gasteiger partial charge in [-0.15, -0.1) is 0 Å². The molecule has 1 aromatic heterocycles. The second-order valence-corrected chi connectivity index (χ2v) is 8.39. The molecule has 5 rings (SSSR count). The molecule has 6 nitrogen and oxygen atoms in total. The van der Waals surface area contributed by atoms with Crippen molar-refractivity contribution >= 4 is 34.2 Å². The Kier molecular flexibility index (Phi) is 5.46. The topological polar surface area (TPSA) is 50.6 Å². The van der Waals surface area contributed by atoms with Crippen LogP contribution in [0, 0.1) is 0 Å². The Morgan fingerprint density at radius 1 is 1.07 bits per heavy atom. The number of ether oxygens (including phenoxy) is 1. The first-order valence-electron chi connectivity index (χ1n) is 10.5. The number of imidazole rings is 1. The van der Waals surface area contributed by atoms with Gasteiger partial charge in [-0.3, -0.25) is 9.69 Å². The predicted octanol–water partition coefficient (Wildman–Crippen LogP) is 3.54. The van der Waals surface area contributed by atoms with E-state index in [-0.39, 0.29) is 11.8 Å². The van der Waals surface area contributed by atoms with Crippen molar-refractivity contribution in [2.45, 2.75) is 18.9 Å². The summed E-state index contributed by atoms with van der Waals surface area (Å²) in [4.78, 5) is 22.0. The Morgan fingerprint density at radius 2 is 1.90 bits per heavy atom. The van der Waals surface area contributed by atoms with E-state index >= 15 is 0 Å². The van der Waals surface area contributed by atoms with Crippen LogP contribution in [0.15, 0.2) is 48.5 Å². The Bertz CT molecular complexity index is 1060. The Morgan fingerprint density at radius 3 is 2.73 bits per heavy atom. The number of morpholine rings is 1. The lowest BCUT2D eigenvalue weighted by molar-refractivity contribution is -0.117. The van der Waals surface area contributed by atoms with Crippen LogP contribution in [0.2, 0.25) is 5.02 Å². The van der Waals surface area contributed by atoms with Gasteiger partial charge in [0.25, 0.3) is 0 Å². The van der Waals surface area contributed by atoms with Crippen molar-refractivity contribution in [3.8, 4) is 0 Å². The van der Waals surface area contributed by atoms with E-state index in [0.717, 1.165) is 61.9 Å². The maximum absolute atomic E-state index is 12.8. The fourth-order valence-corrected chi connectivity index (χ4v) is 4.67. The number of aromatic nitrogens is 2. The summed E-state index contributed by atoms with van der Waals surface area (Å²) >= 11 is 6.15. The molecule has 3 aromatic rings. The van der Waals surface area contributed by atoms with Crippen molar-refractivity contribution in [1.82, 2.24) is 14.5 Å². The van der Waals surface area contributed by atoms with E-state index < -0.39 is 0 Å². The average Bonchev–Trinajstić information content (AvgIpc) is 3.33. The Hall–Kier alpha value is -2.41. The number of para-hydroxylation sites is 2. The van der Waals surface area contributed by atoms with Crippen LogP contribution in [0.5, 0.6) is 0 Å². The van der Waals surface area contributed by atoms with Gasteiger partial charge in [-0.05, 0) is 30.3 Å². The van der Waals surface area contributed by atoms with Gasteiger partial charge in [0.1, 0.15) is 5.82 Å². The van der Waals surface area contributed by atoms with Crippen LogP contribution in [-0.4, -0.2) is 59.8 Å². The van der Waals surface area contributed by atoms with Gasteiger partial charge in [-0.1, -0.05) is 29.8 Å². The standard InChI is InChI=1S/C23H25ClN4O2/c24-18-4-3-5-19(15-18)28-16-17(14-22(28)29)23-25-20-6-1-2-7-21(20)27(23)9-8-26-10-12-30-13-11-26/h1-7,15,17H,8-14,16H2/t17-/m1/s1. The van der Waals surface area contributed by atoms with Crippen LogP contribution in [0.1, 0.15) is 18.2 Å². The smallest absolute Gasteiger partial charge is 0.227 e. The van der Waals surface area contributed by atoms with E-state index in [4.69, 9.17) is 21.3 Å². The number of anilines is 1. The lowest BCUT2D eigenvalue weighted by atomic mass is 10.1. The molecule has 0 radical (unpaired) electrons. The molecule has 2 aromatic carbocycles. The van der Waals surface area contributed by atoms with Crippen molar-refractivity contribution in [2.75, 3.05) is 44.3 Å². The minimum Gasteiger partial charge on any atom is -0.379 e. The first kappa shape index (κ1) is 19.5. The first-order chi connectivity index (χ1) is 14.7. The van der Waals surface area contributed by atoms with Crippen molar-refractivity contribution in [3.05, 3.63) is 59.4 Å². The van der Waals surface area contributed by atoms with Gasteiger partial charge in [0.05, 0.1) is 24.2 Å². The number of halogens is 1. The van der Waals surface area contributed by atoms with Crippen LogP contribution in [-0.2, 0) is 16.1 Å². The molecule has 2 aliphatic rings. The number of amides is 1. The molecule has 0 N–H and O–H groups in total. The van der Waals surface area contributed by atoms with Gasteiger partial charge in [-0.2, -0.15) is 0 Å². The molecular weight excluding hydrogens is 400 g/mol. The number of hydrogen-bond donors (Lipinski definition) is 0. The van der Waals surface area contributed by atoms with Gasteiger partial charge in [0.15, 0.2) is 0 Å². The number of fused-ring (bicyclic) bond motifs is 1. The van der Waals surface area contributed by atoms with E-state index in [9.17, 15) is 4.79 Å². The molecule has 2 saturated heterocycles. The molecule has 0 bridgehead atoms.